The molecule has 2 atom stereocenters. The third-order valence-corrected chi connectivity index (χ3v) is 5.17. The van der Waals surface area contributed by atoms with Crippen LogP contribution in [-0.4, -0.2) is 35.8 Å². The normalized spacial score (nSPS) is 20.0. The molecule has 0 aromatic carbocycles. The number of thiophene rings is 1. The standard InChI is InChI=1S/C17H23NO3S/c1-2-16-15-6-9-22-17(15)5-7-18(16)10-13(19)11-20-12-14-4-3-8-21-14/h3-4,6,8-9,13,16,19H,2,5,7,10-12H2,1H3/t13-,16+/m1/s1. The average Bonchev–Trinajstić information content (AvgIpc) is 3.17. The zero-order valence-corrected chi connectivity index (χ0v) is 13.7. The van der Waals surface area contributed by atoms with Gasteiger partial charge in [-0.05, 0) is 42.0 Å². The molecule has 3 heterocycles. The average molecular weight is 321 g/mol. The van der Waals surface area contributed by atoms with E-state index in [4.69, 9.17) is 9.15 Å². The van der Waals surface area contributed by atoms with Crippen molar-refractivity contribution in [3.63, 3.8) is 0 Å². The van der Waals surface area contributed by atoms with Gasteiger partial charge < -0.3 is 14.3 Å². The van der Waals surface area contributed by atoms with E-state index in [1.54, 1.807) is 6.26 Å². The Bertz CT molecular complexity index is 566. The fourth-order valence-electron chi connectivity index (χ4n) is 3.16. The van der Waals surface area contributed by atoms with Crippen LogP contribution in [0.1, 0.15) is 35.6 Å². The molecule has 120 valence electrons. The van der Waals surface area contributed by atoms with Crippen LogP contribution in [0.3, 0.4) is 0 Å². The summed E-state index contributed by atoms with van der Waals surface area (Å²) in [6.45, 7) is 4.64. The van der Waals surface area contributed by atoms with E-state index in [1.165, 1.54) is 10.4 Å². The quantitative estimate of drug-likeness (QED) is 0.850. The molecule has 0 saturated carbocycles. The highest BCUT2D eigenvalue weighted by Gasteiger charge is 2.28. The Labute approximate surface area is 135 Å². The van der Waals surface area contributed by atoms with Crippen molar-refractivity contribution < 1.29 is 14.3 Å². The molecule has 0 fully saturated rings. The van der Waals surface area contributed by atoms with E-state index >= 15 is 0 Å². The molecule has 0 saturated heterocycles. The Morgan fingerprint density at radius 1 is 1.50 bits per heavy atom. The van der Waals surface area contributed by atoms with Gasteiger partial charge in [0.1, 0.15) is 12.4 Å². The number of rotatable bonds is 7. The molecule has 5 heteroatoms. The number of aliphatic hydroxyl groups excluding tert-OH is 1. The van der Waals surface area contributed by atoms with Gasteiger partial charge in [-0.15, -0.1) is 11.3 Å². The topological polar surface area (TPSA) is 45.8 Å². The number of fused-ring (bicyclic) bond motifs is 1. The third kappa shape index (κ3) is 3.60. The fraction of sp³-hybridized carbons (Fsp3) is 0.529. The number of ether oxygens (including phenoxy) is 1. The lowest BCUT2D eigenvalue weighted by atomic mass is 9.97. The summed E-state index contributed by atoms with van der Waals surface area (Å²) < 4.78 is 10.8. The zero-order chi connectivity index (χ0) is 15.4. The van der Waals surface area contributed by atoms with Crippen LogP contribution >= 0.6 is 11.3 Å². The van der Waals surface area contributed by atoms with Gasteiger partial charge in [0.25, 0.3) is 0 Å². The van der Waals surface area contributed by atoms with Crippen molar-refractivity contribution in [2.45, 2.75) is 38.5 Å². The van der Waals surface area contributed by atoms with Crippen molar-refractivity contribution in [2.75, 3.05) is 19.7 Å². The number of furan rings is 1. The summed E-state index contributed by atoms with van der Waals surface area (Å²) in [7, 11) is 0. The fourth-order valence-corrected chi connectivity index (χ4v) is 4.09. The van der Waals surface area contributed by atoms with Crippen LogP contribution in [0.2, 0.25) is 0 Å². The Morgan fingerprint density at radius 3 is 3.18 bits per heavy atom. The molecule has 0 spiro atoms. The molecule has 0 aliphatic carbocycles. The second kappa shape index (κ2) is 7.42. The Balaban J connectivity index is 1.49. The van der Waals surface area contributed by atoms with Crippen molar-refractivity contribution in [3.8, 4) is 0 Å². The first kappa shape index (κ1) is 15.7. The van der Waals surface area contributed by atoms with Crippen molar-refractivity contribution in [1.29, 1.82) is 0 Å². The maximum Gasteiger partial charge on any atom is 0.129 e. The van der Waals surface area contributed by atoms with E-state index in [1.807, 2.05) is 23.5 Å². The SMILES string of the molecule is CC[C@H]1c2ccsc2CCN1C[C@@H](O)COCc1ccco1. The smallest absolute Gasteiger partial charge is 0.129 e. The number of β-amino-alcohol motifs (C(OH)–C–C–N with tert-alkyl or cyclic N) is 1. The first-order valence-corrected chi connectivity index (χ1v) is 8.74. The molecule has 4 nitrogen and oxygen atoms in total. The van der Waals surface area contributed by atoms with Crippen molar-refractivity contribution >= 4 is 11.3 Å². The van der Waals surface area contributed by atoms with E-state index in [9.17, 15) is 5.11 Å². The van der Waals surface area contributed by atoms with E-state index in [-0.39, 0.29) is 0 Å². The van der Waals surface area contributed by atoms with Gasteiger partial charge in [-0.25, -0.2) is 0 Å². The van der Waals surface area contributed by atoms with Crippen LogP contribution in [0.4, 0.5) is 0 Å². The Hall–Kier alpha value is -1.14. The van der Waals surface area contributed by atoms with Crippen LogP contribution in [0.25, 0.3) is 0 Å². The molecule has 0 radical (unpaired) electrons. The maximum absolute atomic E-state index is 10.2. The predicted molar refractivity (Wildman–Crippen MR) is 87.0 cm³/mol. The molecule has 0 bridgehead atoms. The molecule has 2 aromatic rings. The van der Waals surface area contributed by atoms with Crippen LogP contribution < -0.4 is 0 Å². The molecular formula is C17H23NO3S. The molecule has 0 amide bonds. The summed E-state index contributed by atoms with van der Waals surface area (Å²) in [4.78, 5) is 3.89. The van der Waals surface area contributed by atoms with Crippen LogP contribution in [0.15, 0.2) is 34.3 Å². The summed E-state index contributed by atoms with van der Waals surface area (Å²) >= 11 is 1.85. The minimum Gasteiger partial charge on any atom is -0.467 e. The van der Waals surface area contributed by atoms with Gasteiger partial charge in [-0.3, -0.25) is 4.90 Å². The zero-order valence-electron chi connectivity index (χ0n) is 12.9. The number of nitrogens with zero attached hydrogens (tertiary/aromatic N) is 1. The monoisotopic (exact) mass is 321 g/mol. The van der Waals surface area contributed by atoms with E-state index in [0.29, 0.717) is 25.8 Å². The van der Waals surface area contributed by atoms with Gasteiger partial charge in [-0.2, -0.15) is 0 Å². The van der Waals surface area contributed by atoms with Crippen molar-refractivity contribution in [2.24, 2.45) is 0 Å². The molecule has 1 aliphatic rings. The third-order valence-electron chi connectivity index (χ3n) is 4.17. The second-order valence-corrected chi connectivity index (χ2v) is 6.72. The lowest BCUT2D eigenvalue weighted by molar-refractivity contribution is -0.00377. The Kier molecular flexibility index (Phi) is 5.31. The largest absolute Gasteiger partial charge is 0.467 e. The van der Waals surface area contributed by atoms with Crippen molar-refractivity contribution in [1.82, 2.24) is 4.90 Å². The Morgan fingerprint density at radius 2 is 2.41 bits per heavy atom. The molecule has 2 aromatic heterocycles. The van der Waals surface area contributed by atoms with Crippen LogP contribution in [-0.2, 0) is 17.8 Å². The second-order valence-electron chi connectivity index (χ2n) is 5.72. The molecular weight excluding hydrogens is 298 g/mol. The molecule has 22 heavy (non-hydrogen) atoms. The molecule has 0 unspecified atom stereocenters. The maximum atomic E-state index is 10.2. The molecule has 3 rings (SSSR count). The molecule has 1 N–H and O–H groups in total. The van der Waals surface area contributed by atoms with E-state index < -0.39 is 6.10 Å². The minimum absolute atomic E-state index is 0.337. The number of aliphatic hydroxyl groups is 1. The summed E-state index contributed by atoms with van der Waals surface area (Å²) in [6.07, 6.45) is 3.32. The first-order chi connectivity index (χ1) is 10.8. The van der Waals surface area contributed by atoms with Crippen molar-refractivity contribution in [3.05, 3.63) is 46.0 Å². The van der Waals surface area contributed by atoms with Gasteiger partial charge in [-0.1, -0.05) is 6.92 Å². The number of hydrogen-bond acceptors (Lipinski definition) is 5. The first-order valence-electron chi connectivity index (χ1n) is 7.86. The lowest BCUT2D eigenvalue weighted by Crippen LogP contribution is -2.41. The summed E-state index contributed by atoms with van der Waals surface area (Å²) in [6, 6.07) is 6.38. The van der Waals surface area contributed by atoms with E-state index in [2.05, 4.69) is 23.3 Å². The van der Waals surface area contributed by atoms with Crippen LogP contribution in [0.5, 0.6) is 0 Å². The highest BCUT2D eigenvalue weighted by atomic mass is 32.1. The van der Waals surface area contributed by atoms with Crippen LogP contribution in [0, 0.1) is 0 Å². The van der Waals surface area contributed by atoms with Gasteiger partial charge in [0.15, 0.2) is 0 Å². The van der Waals surface area contributed by atoms with Gasteiger partial charge >= 0.3 is 0 Å². The summed E-state index contributed by atoms with van der Waals surface area (Å²) in [5, 5.41) is 12.4. The summed E-state index contributed by atoms with van der Waals surface area (Å²) in [5.74, 6) is 0.791. The lowest BCUT2D eigenvalue weighted by Gasteiger charge is -2.36. The summed E-state index contributed by atoms with van der Waals surface area (Å²) in [5.41, 5.74) is 1.45. The van der Waals surface area contributed by atoms with Gasteiger partial charge in [0.2, 0.25) is 0 Å². The highest BCUT2D eigenvalue weighted by molar-refractivity contribution is 7.10. The number of hydrogen-bond donors (Lipinski definition) is 1. The minimum atomic E-state index is -0.468. The highest BCUT2D eigenvalue weighted by Crippen LogP contribution is 2.35. The molecule has 1 aliphatic heterocycles. The van der Waals surface area contributed by atoms with Gasteiger partial charge in [0, 0.05) is 24.0 Å². The van der Waals surface area contributed by atoms with E-state index in [0.717, 1.165) is 25.1 Å². The van der Waals surface area contributed by atoms with Gasteiger partial charge in [0.05, 0.1) is 19.0 Å². The predicted octanol–water partition coefficient (Wildman–Crippen LogP) is 3.23.